The van der Waals surface area contributed by atoms with Crippen molar-refractivity contribution in [3.8, 4) is 0 Å². The molecular formula is C25H29FN4O3S. The second-order valence-corrected chi connectivity index (χ2v) is 10.6. The van der Waals surface area contributed by atoms with Gasteiger partial charge >= 0.3 is 0 Å². The summed E-state index contributed by atoms with van der Waals surface area (Å²) >= 11 is 0. The van der Waals surface area contributed by atoms with Crippen LogP contribution in [0.1, 0.15) is 52.1 Å². The van der Waals surface area contributed by atoms with Crippen LogP contribution in [0.2, 0.25) is 0 Å². The Balaban J connectivity index is 1.50. The zero-order chi connectivity index (χ0) is 24.5. The first-order valence-corrected chi connectivity index (χ1v) is 12.8. The average molecular weight is 485 g/mol. The van der Waals surface area contributed by atoms with E-state index in [0.29, 0.717) is 36.6 Å². The van der Waals surface area contributed by atoms with E-state index in [2.05, 4.69) is 10.4 Å². The number of halogens is 1. The van der Waals surface area contributed by atoms with Crippen molar-refractivity contribution in [1.82, 2.24) is 14.1 Å². The van der Waals surface area contributed by atoms with Crippen LogP contribution in [0.5, 0.6) is 0 Å². The third kappa shape index (κ3) is 4.90. The van der Waals surface area contributed by atoms with Crippen LogP contribution in [0, 0.1) is 26.6 Å². The number of hydrogen-bond donors (Lipinski definition) is 1. The first kappa shape index (κ1) is 24.1. The smallest absolute Gasteiger partial charge is 0.255 e. The van der Waals surface area contributed by atoms with Crippen LogP contribution < -0.4 is 5.32 Å². The molecule has 0 bridgehead atoms. The van der Waals surface area contributed by atoms with Crippen molar-refractivity contribution in [1.29, 1.82) is 0 Å². The van der Waals surface area contributed by atoms with Crippen molar-refractivity contribution in [2.45, 2.75) is 51.5 Å². The lowest BCUT2D eigenvalue weighted by atomic mass is 10.1. The Morgan fingerprint density at radius 1 is 1.03 bits per heavy atom. The van der Waals surface area contributed by atoms with Crippen LogP contribution in [-0.2, 0) is 16.6 Å². The molecular weight excluding hydrogens is 455 g/mol. The van der Waals surface area contributed by atoms with Crippen LogP contribution >= 0.6 is 0 Å². The summed E-state index contributed by atoms with van der Waals surface area (Å²) in [6.45, 7) is 6.78. The van der Waals surface area contributed by atoms with Gasteiger partial charge in [0.25, 0.3) is 5.91 Å². The van der Waals surface area contributed by atoms with Crippen LogP contribution in [-0.4, -0.2) is 41.5 Å². The maximum Gasteiger partial charge on any atom is 0.255 e. The van der Waals surface area contributed by atoms with Gasteiger partial charge in [-0.2, -0.15) is 9.40 Å². The number of nitrogens with zero attached hydrogens (tertiary/aromatic N) is 3. The fourth-order valence-electron chi connectivity index (χ4n) is 4.31. The van der Waals surface area contributed by atoms with Gasteiger partial charge in [0.1, 0.15) is 10.7 Å². The summed E-state index contributed by atoms with van der Waals surface area (Å²) < 4.78 is 43.6. The van der Waals surface area contributed by atoms with Gasteiger partial charge in [-0.1, -0.05) is 24.6 Å². The number of aromatic nitrogens is 2. The molecule has 9 heteroatoms. The third-order valence-electron chi connectivity index (χ3n) is 6.15. The highest BCUT2D eigenvalue weighted by molar-refractivity contribution is 7.89. The summed E-state index contributed by atoms with van der Waals surface area (Å²) in [7, 11) is -3.58. The molecule has 1 aliphatic heterocycles. The topological polar surface area (TPSA) is 84.3 Å². The molecule has 3 aromatic rings. The number of carbonyl (C=O) groups is 1. The van der Waals surface area contributed by atoms with Gasteiger partial charge in [-0.05, 0) is 69.0 Å². The van der Waals surface area contributed by atoms with E-state index in [9.17, 15) is 17.6 Å². The normalized spacial score (nSPS) is 14.8. The number of piperidine rings is 1. The number of sulfonamides is 1. The molecule has 1 N–H and O–H groups in total. The lowest BCUT2D eigenvalue weighted by molar-refractivity contribution is 0.102. The summed E-state index contributed by atoms with van der Waals surface area (Å²) in [6, 6.07) is 11.4. The molecule has 34 heavy (non-hydrogen) atoms. The number of nitrogens with one attached hydrogen (secondary N) is 1. The van der Waals surface area contributed by atoms with Gasteiger partial charge < -0.3 is 5.32 Å². The number of carbonyl (C=O) groups excluding carboxylic acids is 1. The molecule has 0 atom stereocenters. The summed E-state index contributed by atoms with van der Waals surface area (Å²) in [5, 5.41) is 7.09. The molecule has 0 spiro atoms. The van der Waals surface area contributed by atoms with E-state index in [0.717, 1.165) is 30.4 Å². The molecule has 180 valence electrons. The maximum absolute atomic E-state index is 14.0. The van der Waals surface area contributed by atoms with Gasteiger partial charge in [0, 0.05) is 18.7 Å². The lowest BCUT2D eigenvalue weighted by Gasteiger charge is -2.26. The summed E-state index contributed by atoms with van der Waals surface area (Å²) in [6.07, 6.45) is 2.81. The Hall–Kier alpha value is -3.04. The number of anilines is 1. The molecule has 1 aliphatic rings. The van der Waals surface area contributed by atoms with Crippen LogP contribution in [0.15, 0.2) is 47.4 Å². The van der Waals surface area contributed by atoms with E-state index >= 15 is 0 Å². The number of rotatable bonds is 6. The molecule has 1 fully saturated rings. The minimum Gasteiger partial charge on any atom is -0.319 e. The third-order valence-corrected chi connectivity index (χ3v) is 8.30. The molecule has 1 aromatic heterocycles. The quantitative estimate of drug-likeness (QED) is 0.561. The van der Waals surface area contributed by atoms with E-state index in [1.54, 1.807) is 59.2 Å². The summed E-state index contributed by atoms with van der Waals surface area (Å²) in [4.78, 5) is 12.8. The predicted octanol–water partition coefficient (Wildman–Crippen LogP) is 4.42. The van der Waals surface area contributed by atoms with Crippen LogP contribution in [0.25, 0.3) is 0 Å². The standard InChI is InChI=1S/C25H29FN4O3S/c1-17-7-12-22(26)23(15-17)27-25(31)21-10-8-20(9-11-21)16-30-19(3)24(18(2)28-30)34(32,33)29-13-5-4-6-14-29/h7-12,15H,4-6,13-14,16H2,1-3H3,(H,27,31). The SMILES string of the molecule is Cc1ccc(F)c(NC(=O)c2ccc(Cn3nc(C)c(S(=O)(=O)N4CCCCC4)c3C)cc2)c1. The van der Waals surface area contributed by atoms with Gasteiger partial charge in [0.2, 0.25) is 10.0 Å². The molecule has 0 aliphatic carbocycles. The minimum atomic E-state index is -3.58. The van der Waals surface area contributed by atoms with E-state index in [1.165, 1.54) is 6.07 Å². The van der Waals surface area contributed by atoms with Gasteiger partial charge in [-0.15, -0.1) is 0 Å². The molecule has 0 unspecified atom stereocenters. The molecule has 1 amide bonds. The fraction of sp³-hybridized carbons (Fsp3) is 0.360. The molecule has 2 heterocycles. The zero-order valence-corrected chi connectivity index (χ0v) is 20.5. The summed E-state index contributed by atoms with van der Waals surface area (Å²) in [5.41, 5.74) is 3.33. The lowest BCUT2D eigenvalue weighted by Crippen LogP contribution is -2.36. The maximum atomic E-state index is 14.0. The largest absolute Gasteiger partial charge is 0.319 e. The van der Waals surface area contributed by atoms with Gasteiger partial charge in [-0.25, -0.2) is 12.8 Å². The first-order valence-electron chi connectivity index (χ1n) is 11.4. The Kier molecular flexibility index (Phi) is 6.86. The molecule has 1 saturated heterocycles. The Labute approximate surface area is 199 Å². The van der Waals surface area contributed by atoms with Crippen molar-refractivity contribution in [2.75, 3.05) is 18.4 Å². The Morgan fingerprint density at radius 3 is 2.38 bits per heavy atom. The highest BCUT2D eigenvalue weighted by Crippen LogP contribution is 2.26. The summed E-state index contributed by atoms with van der Waals surface area (Å²) in [5.74, 6) is -0.896. The van der Waals surface area contributed by atoms with Crippen molar-refractivity contribution in [2.24, 2.45) is 0 Å². The number of aryl methyl sites for hydroxylation is 2. The van der Waals surface area contributed by atoms with E-state index in [1.807, 2.05) is 6.92 Å². The molecule has 0 saturated carbocycles. The van der Waals surface area contributed by atoms with E-state index in [-0.39, 0.29) is 10.6 Å². The van der Waals surface area contributed by atoms with Gasteiger partial charge in [0.05, 0.1) is 23.6 Å². The van der Waals surface area contributed by atoms with Crippen molar-refractivity contribution in [3.63, 3.8) is 0 Å². The second-order valence-electron chi connectivity index (χ2n) is 8.76. The van der Waals surface area contributed by atoms with Crippen LogP contribution in [0.4, 0.5) is 10.1 Å². The number of hydrogen-bond acceptors (Lipinski definition) is 4. The minimum absolute atomic E-state index is 0.138. The van der Waals surface area contributed by atoms with Crippen molar-refractivity contribution < 1.29 is 17.6 Å². The Bertz CT molecular complexity index is 1310. The van der Waals surface area contributed by atoms with Gasteiger partial charge in [0.15, 0.2) is 0 Å². The van der Waals surface area contributed by atoms with Crippen molar-refractivity contribution in [3.05, 3.63) is 76.4 Å². The fourth-order valence-corrected chi connectivity index (χ4v) is 6.20. The molecule has 0 radical (unpaired) electrons. The first-order chi connectivity index (χ1) is 16.2. The molecule has 7 nitrogen and oxygen atoms in total. The number of amides is 1. The molecule has 4 rings (SSSR count). The van der Waals surface area contributed by atoms with E-state index < -0.39 is 21.7 Å². The monoisotopic (exact) mass is 484 g/mol. The van der Waals surface area contributed by atoms with Crippen LogP contribution in [0.3, 0.4) is 0 Å². The van der Waals surface area contributed by atoms with Gasteiger partial charge in [-0.3, -0.25) is 9.48 Å². The highest BCUT2D eigenvalue weighted by atomic mass is 32.2. The Morgan fingerprint density at radius 2 is 1.71 bits per heavy atom. The average Bonchev–Trinajstić information content (AvgIpc) is 3.10. The van der Waals surface area contributed by atoms with Crippen molar-refractivity contribution >= 4 is 21.6 Å². The zero-order valence-electron chi connectivity index (χ0n) is 19.6. The second kappa shape index (κ2) is 9.68. The molecule has 2 aromatic carbocycles. The number of benzene rings is 2. The highest BCUT2D eigenvalue weighted by Gasteiger charge is 2.31. The van der Waals surface area contributed by atoms with E-state index in [4.69, 9.17) is 0 Å². The predicted molar refractivity (Wildman–Crippen MR) is 129 cm³/mol.